The number of carbonyl (C=O) groups excluding carboxylic acids is 1. The summed E-state index contributed by atoms with van der Waals surface area (Å²) in [5, 5.41) is 0. The molecule has 0 saturated carbocycles. The molecule has 132 valence electrons. The summed E-state index contributed by atoms with van der Waals surface area (Å²) in [6.45, 7) is 3.19. The fraction of sp³-hybridized carbons (Fsp3) is 0.333. The molecular weight excluding hydrogens is 358 g/mol. The normalized spacial score (nSPS) is 11.2. The number of hydrogen-bond acceptors (Lipinski definition) is 3. The Kier molecular flexibility index (Phi) is 5.30. The van der Waals surface area contributed by atoms with Crippen LogP contribution in [0.2, 0.25) is 4.34 Å². The van der Waals surface area contributed by atoms with Gasteiger partial charge in [0.1, 0.15) is 6.54 Å². The lowest BCUT2D eigenvalue weighted by molar-refractivity contribution is -0.131. The van der Waals surface area contributed by atoms with Crippen LogP contribution in [0.4, 0.5) is 0 Å². The fourth-order valence-corrected chi connectivity index (χ4v) is 4.02. The number of imidazole rings is 1. The predicted octanol–water partition coefficient (Wildman–Crippen LogP) is 3.59. The number of carbonyl (C=O) groups is 1. The number of thiophene rings is 1. The van der Waals surface area contributed by atoms with Gasteiger partial charge < -0.3 is 4.90 Å². The highest BCUT2D eigenvalue weighted by molar-refractivity contribution is 7.16. The van der Waals surface area contributed by atoms with Gasteiger partial charge in [0, 0.05) is 18.5 Å². The third kappa shape index (κ3) is 3.65. The van der Waals surface area contributed by atoms with Crippen molar-refractivity contribution in [2.24, 2.45) is 0 Å². The first-order valence-electron chi connectivity index (χ1n) is 8.17. The molecule has 0 N–H and O–H groups in total. The first kappa shape index (κ1) is 17.8. The number of benzene rings is 1. The van der Waals surface area contributed by atoms with Crippen molar-refractivity contribution < 1.29 is 4.79 Å². The minimum Gasteiger partial charge on any atom is -0.339 e. The number of rotatable bonds is 6. The first-order valence-corrected chi connectivity index (χ1v) is 9.37. The summed E-state index contributed by atoms with van der Waals surface area (Å²) in [6, 6.07) is 11.3. The zero-order valence-corrected chi connectivity index (χ0v) is 15.8. The van der Waals surface area contributed by atoms with E-state index in [1.807, 2.05) is 43.3 Å². The van der Waals surface area contributed by atoms with Crippen molar-refractivity contribution in [3.05, 3.63) is 56.1 Å². The molecule has 0 saturated heterocycles. The van der Waals surface area contributed by atoms with Gasteiger partial charge in [0.05, 0.1) is 21.9 Å². The molecule has 0 fully saturated rings. The van der Waals surface area contributed by atoms with Crippen LogP contribution in [0.1, 0.15) is 18.2 Å². The van der Waals surface area contributed by atoms with E-state index >= 15 is 0 Å². The Morgan fingerprint density at radius 2 is 1.84 bits per heavy atom. The van der Waals surface area contributed by atoms with Crippen molar-refractivity contribution in [3.8, 4) is 0 Å². The molecule has 0 radical (unpaired) electrons. The van der Waals surface area contributed by atoms with E-state index in [0.717, 1.165) is 22.3 Å². The number of aromatic nitrogens is 2. The third-order valence-corrected chi connectivity index (χ3v) is 5.33. The third-order valence-electron chi connectivity index (χ3n) is 4.11. The van der Waals surface area contributed by atoms with E-state index in [0.29, 0.717) is 17.4 Å². The van der Waals surface area contributed by atoms with Gasteiger partial charge in [-0.25, -0.2) is 4.79 Å². The largest absolute Gasteiger partial charge is 0.339 e. The molecule has 2 aromatic heterocycles. The van der Waals surface area contributed by atoms with Crippen molar-refractivity contribution in [1.82, 2.24) is 14.0 Å². The summed E-state index contributed by atoms with van der Waals surface area (Å²) < 4.78 is 4.00. The minimum absolute atomic E-state index is 0.0334. The molecule has 0 aliphatic heterocycles. The van der Waals surface area contributed by atoms with Gasteiger partial charge in [0.15, 0.2) is 0 Å². The van der Waals surface area contributed by atoms with Gasteiger partial charge in [-0.05, 0) is 30.7 Å². The summed E-state index contributed by atoms with van der Waals surface area (Å²) in [5.41, 5.74) is 1.53. The molecule has 3 rings (SSSR count). The number of amides is 1. The SMILES string of the molecule is CCCn1c(=O)n(CC(=O)N(C)Cc2ccc(Cl)s2)c2ccccc21. The molecule has 1 aromatic carbocycles. The van der Waals surface area contributed by atoms with Crippen molar-refractivity contribution in [1.29, 1.82) is 0 Å². The highest BCUT2D eigenvalue weighted by Gasteiger charge is 2.17. The second-order valence-electron chi connectivity index (χ2n) is 5.96. The van der Waals surface area contributed by atoms with Gasteiger partial charge in [-0.1, -0.05) is 30.7 Å². The Balaban J connectivity index is 1.85. The van der Waals surface area contributed by atoms with Crippen molar-refractivity contribution in [2.45, 2.75) is 33.0 Å². The molecule has 0 bridgehead atoms. The maximum Gasteiger partial charge on any atom is 0.329 e. The number of halogens is 1. The van der Waals surface area contributed by atoms with Crippen LogP contribution in [-0.2, 0) is 24.4 Å². The van der Waals surface area contributed by atoms with Gasteiger partial charge in [-0.3, -0.25) is 13.9 Å². The van der Waals surface area contributed by atoms with Crippen LogP contribution in [0.3, 0.4) is 0 Å². The summed E-state index contributed by atoms with van der Waals surface area (Å²) in [4.78, 5) is 28.0. The second kappa shape index (κ2) is 7.45. The topological polar surface area (TPSA) is 47.2 Å². The van der Waals surface area contributed by atoms with Gasteiger partial charge in [-0.15, -0.1) is 11.3 Å². The number of nitrogens with zero attached hydrogens (tertiary/aromatic N) is 3. The van der Waals surface area contributed by atoms with Crippen LogP contribution in [0.5, 0.6) is 0 Å². The molecule has 7 heteroatoms. The maximum absolute atomic E-state index is 12.7. The summed E-state index contributed by atoms with van der Waals surface area (Å²) in [7, 11) is 1.74. The Bertz CT molecular complexity index is 957. The van der Waals surface area contributed by atoms with Gasteiger partial charge >= 0.3 is 5.69 Å². The Morgan fingerprint density at radius 1 is 1.16 bits per heavy atom. The molecule has 5 nitrogen and oxygen atoms in total. The average Bonchev–Trinajstić information content (AvgIpc) is 3.11. The van der Waals surface area contributed by atoms with Crippen LogP contribution < -0.4 is 5.69 Å². The highest BCUT2D eigenvalue weighted by atomic mass is 35.5. The van der Waals surface area contributed by atoms with Crippen LogP contribution in [0, 0.1) is 0 Å². The standard InChI is InChI=1S/C18H20ClN3O2S/c1-3-10-21-14-6-4-5-7-15(14)22(18(21)24)12-17(23)20(2)11-13-8-9-16(19)25-13/h4-9H,3,10-12H2,1-2H3. The second-order valence-corrected chi connectivity index (χ2v) is 7.76. The monoisotopic (exact) mass is 377 g/mol. The lowest BCUT2D eigenvalue weighted by atomic mass is 10.3. The van der Waals surface area contributed by atoms with Crippen molar-refractivity contribution in [2.75, 3.05) is 7.05 Å². The molecule has 0 atom stereocenters. The lowest BCUT2D eigenvalue weighted by Crippen LogP contribution is -2.34. The predicted molar refractivity (Wildman–Crippen MR) is 102 cm³/mol. The van der Waals surface area contributed by atoms with Gasteiger partial charge in [-0.2, -0.15) is 0 Å². The Hall–Kier alpha value is -2.05. The Morgan fingerprint density at radius 3 is 2.44 bits per heavy atom. The van der Waals surface area contributed by atoms with E-state index in [1.54, 1.807) is 21.1 Å². The number of likely N-dealkylation sites (N-methyl/N-ethyl adjacent to an activating group) is 1. The lowest BCUT2D eigenvalue weighted by Gasteiger charge is -2.16. The number of hydrogen-bond donors (Lipinski definition) is 0. The van der Waals surface area contributed by atoms with Crippen LogP contribution in [0.15, 0.2) is 41.2 Å². The molecule has 1 amide bonds. The van der Waals surface area contributed by atoms with Crippen molar-refractivity contribution in [3.63, 3.8) is 0 Å². The zero-order chi connectivity index (χ0) is 18.0. The zero-order valence-electron chi connectivity index (χ0n) is 14.2. The molecule has 2 heterocycles. The smallest absolute Gasteiger partial charge is 0.329 e. The first-order chi connectivity index (χ1) is 12.0. The van der Waals surface area contributed by atoms with Crippen LogP contribution in [-0.4, -0.2) is 27.0 Å². The maximum atomic E-state index is 12.7. The van der Waals surface area contributed by atoms with E-state index in [-0.39, 0.29) is 18.1 Å². The fourth-order valence-electron chi connectivity index (χ4n) is 2.88. The summed E-state index contributed by atoms with van der Waals surface area (Å²) >= 11 is 7.39. The molecule has 3 aromatic rings. The van der Waals surface area contributed by atoms with Gasteiger partial charge in [0.2, 0.25) is 5.91 Å². The quantitative estimate of drug-likeness (QED) is 0.659. The van der Waals surface area contributed by atoms with E-state index in [4.69, 9.17) is 11.6 Å². The van der Waals surface area contributed by atoms with E-state index in [9.17, 15) is 9.59 Å². The summed E-state index contributed by atoms with van der Waals surface area (Å²) in [6.07, 6.45) is 0.862. The molecule has 0 unspecified atom stereocenters. The molecule has 0 spiro atoms. The summed E-state index contributed by atoms with van der Waals surface area (Å²) in [5.74, 6) is -0.106. The Labute approximate surface area is 155 Å². The average molecular weight is 378 g/mol. The van der Waals surface area contributed by atoms with Crippen molar-refractivity contribution >= 4 is 39.9 Å². The molecule has 25 heavy (non-hydrogen) atoms. The highest BCUT2D eigenvalue weighted by Crippen LogP contribution is 2.22. The molecule has 0 aliphatic carbocycles. The number of fused-ring (bicyclic) bond motifs is 1. The molecular formula is C18H20ClN3O2S. The van der Waals surface area contributed by atoms with Crippen LogP contribution in [0.25, 0.3) is 11.0 Å². The van der Waals surface area contributed by atoms with Gasteiger partial charge in [0.25, 0.3) is 0 Å². The molecule has 0 aliphatic rings. The number of para-hydroxylation sites is 2. The number of aryl methyl sites for hydroxylation is 1. The van der Waals surface area contributed by atoms with Crippen LogP contribution >= 0.6 is 22.9 Å². The van der Waals surface area contributed by atoms with E-state index < -0.39 is 0 Å². The van der Waals surface area contributed by atoms with E-state index in [1.165, 1.54) is 11.3 Å². The van der Waals surface area contributed by atoms with E-state index in [2.05, 4.69) is 0 Å². The minimum atomic E-state index is -0.135.